The number of para-hydroxylation sites is 2. The molecule has 0 unspecified atom stereocenters. The Labute approximate surface area is 168 Å². The Bertz CT molecular complexity index is 1000. The Morgan fingerprint density at radius 2 is 1.48 bits per heavy atom. The Balaban J connectivity index is 2.13. The first kappa shape index (κ1) is 19.0. The third kappa shape index (κ3) is 2.15. The van der Waals surface area contributed by atoms with Crippen molar-refractivity contribution in [3.05, 3.63) is 59.7 Å². The summed E-state index contributed by atoms with van der Waals surface area (Å²) in [7, 11) is 1.63. The Morgan fingerprint density at radius 1 is 0.931 bits per heavy atom. The highest BCUT2D eigenvalue weighted by atomic mass is 16.6. The number of hydrogen-bond donors (Lipinski definition) is 1. The van der Waals surface area contributed by atoms with Gasteiger partial charge in [0.25, 0.3) is 5.91 Å². The zero-order valence-electron chi connectivity index (χ0n) is 16.5. The van der Waals surface area contributed by atoms with Crippen LogP contribution in [0.5, 0.6) is 0 Å². The third-order valence-corrected chi connectivity index (χ3v) is 5.67. The standard InChI is InChI=1S/C22H22N2O5/c1-4-28-19(26)21(20(27)29-5-2)14-10-6-8-12-16(14)23-22(21)15-11-7-9-13-17(15)24(3)18(22)25/h6-13,23H,4-5H2,1-3H3/t22-/m0/s1. The number of fused-ring (bicyclic) bond motifs is 3. The summed E-state index contributed by atoms with van der Waals surface area (Å²) in [5.41, 5.74) is -1.66. The van der Waals surface area contributed by atoms with E-state index in [-0.39, 0.29) is 13.2 Å². The van der Waals surface area contributed by atoms with Gasteiger partial charge >= 0.3 is 11.9 Å². The summed E-state index contributed by atoms with van der Waals surface area (Å²) in [4.78, 5) is 42.3. The molecule has 0 aromatic heterocycles. The molecular weight excluding hydrogens is 372 g/mol. The van der Waals surface area contributed by atoms with Crippen LogP contribution in [0.2, 0.25) is 0 Å². The van der Waals surface area contributed by atoms with Crippen LogP contribution in [0.25, 0.3) is 0 Å². The Hall–Kier alpha value is -3.35. The smallest absolute Gasteiger partial charge is 0.331 e. The van der Waals surface area contributed by atoms with E-state index in [4.69, 9.17) is 9.47 Å². The fraction of sp³-hybridized carbons (Fsp3) is 0.318. The number of rotatable bonds is 4. The summed E-state index contributed by atoms with van der Waals surface area (Å²) >= 11 is 0. The lowest BCUT2D eigenvalue weighted by molar-refractivity contribution is -0.170. The van der Waals surface area contributed by atoms with Crippen molar-refractivity contribution in [3.63, 3.8) is 0 Å². The van der Waals surface area contributed by atoms with Crippen molar-refractivity contribution in [3.8, 4) is 0 Å². The third-order valence-electron chi connectivity index (χ3n) is 5.67. The van der Waals surface area contributed by atoms with Gasteiger partial charge in [-0.15, -0.1) is 0 Å². The number of likely N-dealkylation sites (N-methyl/N-ethyl adjacent to an activating group) is 1. The van der Waals surface area contributed by atoms with Gasteiger partial charge in [0.1, 0.15) is 0 Å². The van der Waals surface area contributed by atoms with Crippen molar-refractivity contribution >= 4 is 29.2 Å². The van der Waals surface area contributed by atoms with Gasteiger partial charge in [-0.2, -0.15) is 0 Å². The van der Waals surface area contributed by atoms with Crippen LogP contribution in [0, 0.1) is 0 Å². The van der Waals surface area contributed by atoms with Crippen LogP contribution in [0.1, 0.15) is 25.0 Å². The fourth-order valence-corrected chi connectivity index (χ4v) is 4.55. The zero-order chi connectivity index (χ0) is 20.8. The summed E-state index contributed by atoms with van der Waals surface area (Å²) in [5, 5.41) is 3.22. The van der Waals surface area contributed by atoms with Crippen molar-refractivity contribution in [1.29, 1.82) is 0 Å². The Morgan fingerprint density at radius 3 is 2.10 bits per heavy atom. The number of hydrogen-bond acceptors (Lipinski definition) is 6. The van der Waals surface area contributed by atoms with E-state index < -0.39 is 28.8 Å². The van der Waals surface area contributed by atoms with Crippen LogP contribution in [-0.4, -0.2) is 38.1 Å². The van der Waals surface area contributed by atoms with Crippen molar-refractivity contribution in [2.24, 2.45) is 0 Å². The summed E-state index contributed by atoms with van der Waals surface area (Å²) in [6.07, 6.45) is 0. The number of ether oxygens (including phenoxy) is 2. The lowest BCUT2D eigenvalue weighted by Crippen LogP contribution is -2.64. The molecule has 2 aliphatic rings. The van der Waals surface area contributed by atoms with Gasteiger partial charge in [-0.25, -0.2) is 0 Å². The molecule has 29 heavy (non-hydrogen) atoms. The van der Waals surface area contributed by atoms with Crippen LogP contribution in [0.15, 0.2) is 48.5 Å². The van der Waals surface area contributed by atoms with Gasteiger partial charge in [-0.1, -0.05) is 36.4 Å². The van der Waals surface area contributed by atoms with Crippen molar-refractivity contribution < 1.29 is 23.9 Å². The van der Waals surface area contributed by atoms with E-state index in [1.165, 1.54) is 4.90 Å². The number of nitrogens with zero attached hydrogens (tertiary/aromatic N) is 1. The van der Waals surface area contributed by atoms with Crippen molar-refractivity contribution in [1.82, 2.24) is 0 Å². The molecule has 150 valence electrons. The van der Waals surface area contributed by atoms with Gasteiger partial charge in [0.05, 0.1) is 13.2 Å². The minimum atomic E-state index is -2.01. The number of anilines is 2. The summed E-state index contributed by atoms with van der Waals surface area (Å²) in [5.74, 6) is -2.04. The maximum atomic E-state index is 13.7. The molecule has 4 rings (SSSR count). The van der Waals surface area contributed by atoms with E-state index in [1.54, 1.807) is 69.4 Å². The van der Waals surface area contributed by atoms with Gasteiger partial charge in [0.2, 0.25) is 5.41 Å². The topological polar surface area (TPSA) is 84.9 Å². The average molecular weight is 394 g/mol. The second-order valence-corrected chi connectivity index (χ2v) is 6.99. The van der Waals surface area contributed by atoms with E-state index in [1.807, 2.05) is 0 Å². The zero-order valence-corrected chi connectivity index (χ0v) is 16.5. The number of benzene rings is 2. The first-order chi connectivity index (χ1) is 14.0. The van der Waals surface area contributed by atoms with E-state index in [2.05, 4.69) is 5.32 Å². The molecule has 0 bridgehead atoms. The number of carbonyl (C=O) groups excluding carboxylic acids is 3. The molecule has 1 amide bonds. The Kier molecular flexibility index (Phi) is 4.33. The number of carbonyl (C=O) groups is 3. The first-order valence-corrected chi connectivity index (χ1v) is 9.56. The summed E-state index contributed by atoms with van der Waals surface area (Å²) < 4.78 is 10.8. The van der Waals surface area contributed by atoms with E-state index in [0.717, 1.165) is 0 Å². The lowest BCUT2D eigenvalue weighted by Gasteiger charge is -2.38. The predicted octanol–water partition coefficient (Wildman–Crippen LogP) is 2.35. The van der Waals surface area contributed by atoms with Crippen LogP contribution in [0.4, 0.5) is 11.4 Å². The molecule has 2 aliphatic heterocycles. The molecule has 1 spiro atoms. The normalized spacial score (nSPS) is 20.8. The second kappa shape index (κ2) is 6.62. The molecular formula is C22H22N2O5. The van der Waals surface area contributed by atoms with Crippen LogP contribution >= 0.6 is 0 Å². The van der Waals surface area contributed by atoms with Crippen LogP contribution < -0.4 is 10.2 Å². The molecule has 2 aromatic rings. The maximum Gasteiger partial charge on any atom is 0.331 e. The van der Waals surface area contributed by atoms with Crippen molar-refractivity contribution in [2.45, 2.75) is 24.8 Å². The highest BCUT2D eigenvalue weighted by molar-refractivity contribution is 6.23. The van der Waals surface area contributed by atoms with E-state index >= 15 is 0 Å². The molecule has 2 aromatic carbocycles. The van der Waals surface area contributed by atoms with E-state index in [0.29, 0.717) is 22.5 Å². The molecule has 7 nitrogen and oxygen atoms in total. The molecule has 0 aliphatic carbocycles. The van der Waals surface area contributed by atoms with Gasteiger partial charge in [0, 0.05) is 29.5 Å². The highest BCUT2D eigenvalue weighted by Crippen LogP contribution is 2.59. The van der Waals surface area contributed by atoms with Gasteiger partial charge in [-0.05, 0) is 26.0 Å². The molecule has 0 radical (unpaired) electrons. The molecule has 0 saturated heterocycles. The van der Waals surface area contributed by atoms with Gasteiger partial charge in [0.15, 0.2) is 5.54 Å². The van der Waals surface area contributed by atoms with Crippen LogP contribution in [0.3, 0.4) is 0 Å². The first-order valence-electron chi connectivity index (χ1n) is 9.56. The number of esters is 2. The van der Waals surface area contributed by atoms with Gasteiger partial charge in [-0.3, -0.25) is 14.4 Å². The quantitative estimate of drug-likeness (QED) is 0.633. The monoisotopic (exact) mass is 394 g/mol. The maximum absolute atomic E-state index is 13.7. The predicted molar refractivity (Wildman–Crippen MR) is 107 cm³/mol. The molecule has 1 N–H and O–H groups in total. The lowest BCUT2D eigenvalue weighted by atomic mass is 9.64. The molecule has 1 atom stereocenters. The van der Waals surface area contributed by atoms with Crippen molar-refractivity contribution in [2.75, 3.05) is 30.5 Å². The largest absolute Gasteiger partial charge is 0.465 e. The minimum Gasteiger partial charge on any atom is -0.465 e. The summed E-state index contributed by atoms with van der Waals surface area (Å²) in [6.45, 7) is 3.44. The van der Waals surface area contributed by atoms with Crippen LogP contribution in [-0.2, 0) is 34.8 Å². The fourth-order valence-electron chi connectivity index (χ4n) is 4.55. The molecule has 2 heterocycles. The minimum absolute atomic E-state index is 0.0594. The average Bonchev–Trinajstić information content (AvgIpc) is 3.15. The van der Waals surface area contributed by atoms with Gasteiger partial charge < -0.3 is 19.7 Å². The molecule has 0 saturated carbocycles. The summed E-state index contributed by atoms with van der Waals surface area (Å²) in [6, 6.07) is 14.0. The molecule has 7 heteroatoms. The molecule has 0 fully saturated rings. The van der Waals surface area contributed by atoms with E-state index in [9.17, 15) is 14.4 Å². The number of amides is 1. The highest BCUT2D eigenvalue weighted by Gasteiger charge is 2.76. The SMILES string of the molecule is CCOC(=O)C1(C(=O)OCC)c2ccccc2N[C@@]12C(=O)N(C)c1ccccc12. The second-order valence-electron chi connectivity index (χ2n) is 6.99. The number of nitrogens with one attached hydrogen (secondary N) is 1.